The Morgan fingerprint density at radius 2 is 1.96 bits per heavy atom. The standard InChI is InChI=1S/C17H16N2O5S/c1-23-13-8-5-9-14(10-13)25(21,22)19-17(20)16-11-15(18-24-16)12-6-3-2-4-7-12/h2-10,16H,11H2,1H3,(H,19,20)/t16-/m0/s1. The van der Waals surface area contributed by atoms with Crippen molar-refractivity contribution in [1.82, 2.24) is 4.72 Å². The number of carbonyl (C=O) groups is 1. The molecule has 130 valence electrons. The molecule has 0 bridgehead atoms. The summed E-state index contributed by atoms with van der Waals surface area (Å²) >= 11 is 0. The Morgan fingerprint density at radius 3 is 2.68 bits per heavy atom. The summed E-state index contributed by atoms with van der Waals surface area (Å²) in [6.07, 6.45) is -0.792. The van der Waals surface area contributed by atoms with Crippen LogP contribution in [-0.4, -0.2) is 33.3 Å². The number of nitrogens with zero attached hydrogens (tertiary/aromatic N) is 1. The smallest absolute Gasteiger partial charge is 0.278 e. The van der Waals surface area contributed by atoms with Gasteiger partial charge in [-0.3, -0.25) is 4.79 Å². The van der Waals surface area contributed by atoms with Gasteiger partial charge in [0.1, 0.15) is 5.75 Å². The number of rotatable bonds is 5. The topological polar surface area (TPSA) is 94.1 Å². The molecule has 7 nitrogen and oxygen atoms in total. The maximum absolute atomic E-state index is 12.3. The first-order valence-corrected chi connectivity index (χ1v) is 8.97. The molecule has 0 radical (unpaired) electrons. The summed E-state index contributed by atoms with van der Waals surface area (Å²) in [6, 6.07) is 15.1. The Labute approximate surface area is 145 Å². The monoisotopic (exact) mass is 360 g/mol. The van der Waals surface area contributed by atoms with Crippen LogP contribution in [-0.2, 0) is 19.7 Å². The number of hydrogen-bond donors (Lipinski definition) is 1. The molecular formula is C17H16N2O5S. The second-order valence-corrected chi connectivity index (χ2v) is 7.03. The molecule has 0 aromatic heterocycles. The molecule has 1 aliphatic heterocycles. The molecule has 1 heterocycles. The zero-order chi connectivity index (χ0) is 17.9. The maximum atomic E-state index is 12.3. The SMILES string of the molecule is COc1cccc(S(=O)(=O)NC(=O)[C@@H]2CC(c3ccccc3)=NO2)c1. The van der Waals surface area contributed by atoms with Gasteiger partial charge < -0.3 is 9.57 Å². The molecule has 0 saturated heterocycles. The van der Waals surface area contributed by atoms with E-state index in [9.17, 15) is 13.2 Å². The van der Waals surface area contributed by atoms with Crippen LogP contribution in [0.15, 0.2) is 64.6 Å². The van der Waals surface area contributed by atoms with Gasteiger partial charge in [0.05, 0.1) is 17.7 Å². The van der Waals surface area contributed by atoms with Gasteiger partial charge in [0.2, 0.25) is 6.10 Å². The lowest BCUT2D eigenvalue weighted by atomic mass is 10.1. The van der Waals surface area contributed by atoms with E-state index in [-0.39, 0.29) is 11.3 Å². The van der Waals surface area contributed by atoms with Crippen LogP contribution < -0.4 is 9.46 Å². The van der Waals surface area contributed by atoms with E-state index in [0.29, 0.717) is 11.5 Å². The van der Waals surface area contributed by atoms with Crippen LogP contribution in [0.25, 0.3) is 0 Å². The molecule has 3 rings (SSSR count). The van der Waals surface area contributed by atoms with Crippen molar-refractivity contribution in [2.45, 2.75) is 17.4 Å². The van der Waals surface area contributed by atoms with Crippen molar-refractivity contribution in [3.8, 4) is 5.75 Å². The van der Waals surface area contributed by atoms with Gasteiger partial charge in [-0.25, -0.2) is 13.1 Å². The summed E-state index contributed by atoms with van der Waals surface area (Å²) in [4.78, 5) is 17.3. The second kappa shape index (κ2) is 6.94. The highest BCUT2D eigenvalue weighted by Gasteiger charge is 2.32. The average molecular weight is 360 g/mol. The van der Waals surface area contributed by atoms with E-state index >= 15 is 0 Å². The van der Waals surface area contributed by atoms with Crippen LogP contribution in [0.1, 0.15) is 12.0 Å². The van der Waals surface area contributed by atoms with Crippen molar-refractivity contribution in [2.75, 3.05) is 7.11 Å². The predicted molar refractivity (Wildman–Crippen MR) is 90.8 cm³/mol. The first kappa shape index (κ1) is 17.0. The number of benzene rings is 2. The molecule has 0 spiro atoms. The fourth-order valence-corrected chi connectivity index (χ4v) is 3.39. The number of hydrogen-bond acceptors (Lipinski definition) is 6. The van der Waals surface area contributed by atoms with Gasteiger partial charge >= 0.3 is 0 Å². The van der Waals surface area contributed by atoms with Crippen LogP contribution >= 0.6 is 0 Å². The van der Waals surface area contributed by atoms with Gasteiger partial charge in [-0.05, 0) is 17.7 Å². The fraction of sp³-hybridized carbons (Fsp3) is 0.176. The zero-order valence-electron chi connectivity index (χ0n) is 13.4. The number of methoxy groups -OCH3 is 1. The average Bonchev–Trinajstić information content (AvgIpc) is 3.12. The van der Waals surface area contributed by atoms with Crippen molar-refractivity contribution >= 4 is 21.6 Å². The van der Waals surface area contributed by atoms with Gasteiger partial charge in [0.25, 0.3) is 15.9 Å². The van der Waals surface area contributed by atoms with E-state index in [0.717, 1.165) is 5.56 Å². The van der Waals surface area contributed by atoms with Crippen LogP contribution in [0, 0.1) is 0 Å². The Morgan fingerprint density at radius 1 is 1.20 bits per heavy atom. The number of oxime groups is 1. The van der Waals surface area contributed by atoms with E-state index in [1.807, 2.05) is 35.1 Å². The zero-order valence-corrected chi connectivity index (χ0v) is 14.2. The summed E-state index contributed by atoms with van der Waals surface area (Å²) in [7, 11) is -2.59. The molecule has 0 fully saturated rings. The van der Waals surface area contributed by atoms with E-state index in [1.54, 1.807) is 6.07 Å². The number of ether oxygens (including phenoxy) is 1. The summed E-state index contributed by atoms with van der Waals surface area (Å²) < 4.78 is 31.7. The van der Waals surface area contributed by atoms with E-state index < -0.39 is 22.0 Å². The lowest BCUT2D eigenvalue weighted by Crippen LogP contribution is -2.38. The molecule has 2 aromatic carbocycles. The third kappa shape index (κ3) is 3.80. The normalized spacial score (nSPS) is 16.7. The van der Waals surface area contributed by atoms with Crippen molar-refractivity contribution in [1.29, 1.82) is 0 Å². The van der Waals surface area contributed by atoms with Gasteiger partial charge in [-0.1, -0.05) is 41.6 Å². The maximum Gasteiger partial charge on any atom is 0.278 e. The van der Waals surface area contributed by atoms with Crippen molar-refractivity contribution < 1.29 is 22.8 Å². The summed E-state index contributed by atoms with van der Waals surface area (Å²) in [6.45, 7) is 0. The molecule has 0 aliphatic carbocycles. The molecule has 1 N–H and O–H groups in total. The molecule has 1 amide bonds. The number of amides is 1. The minimum atomic E-state index is -4.02. The van der Waals surface area contributed by atoms with Gasteiger partial charge in [-0.15, -0.1) is 0 Å². The van der Waals surface area contributed by atoms with Crippen molar-refractivity contribution in [3.63, 3.8) is 0 Å². The van der Waals surface area contributed by atoms with Crippen LogP contribution in [0.5, 0.6) is 5.75 Å². The van der Waals surface area contributed by atoms with Gasteiger partial charge in [-0.2, -0.15) is 0 Å². The van der Waals surface area contributed by atoms with E-state index in [1.165, 1.54) is 25.3 Å². The van der Waals surface area contributed by atoms with Crippen molar-refractivity contribution in [2.24, 2.45) is 5.16 Å². The minimum absolute atomic E-state index is 0.0672. The second-order valence-electron chi connectivity index (χ2n) is 5.35. The number of carbonyl (C=O) groups excluding carboxylic acids is 1. The quantitative estimate of drug-likeness (QED) is 0.876. The highest BCUT2D eigenvalue weighted by Crippen LogP contribution is 2.19. The molecule has 1 atom stereocenters. The molecule has 1 aliphatic rings. The third-order valence-electron chi connectivity index (χ3n) is 3.65. The highest BCUT2D eigenvalue weighted by atomic mass is 32.2. The molecule has 2 aromatic rings. The third-order valence-corrected chi connectivity index (χ3v) is 5.00. The summed E-state index contributed by atoms with van der Waals surface area (Å²) in [5, 5.41) is 3.88. The fourth-order valence-electron chi connectivity index (χ4n) is 2.34. The molecular weight excluding hydrogens is 344 g/mol. The first-order valence-electron chi connectivity index (χ1n) is 7.48. The van der Waals surface area contributed by atoms with E-state index in [2.05, 4.69) is 5.16 Å². The Balaban J connectivity index is 1.68. The highest BCUT2D eigenvalue weighted by molar-refractivity contribution is 7.90. The summed E-state index contributed by atoms with van der Waals surface area (Å²) in [5.41, 5.74) is 1.42. The number of sulfonamides is 1. The Hall–Kier alpha value is -2.87. The molecule has 8 heteroatoms. The predicted octanol–water partition coefficient (Wildman–Crippen LogP) is 1.69. The van der Waals surface area contributed by atoms with Crippen molar-refractivity contribution in [3.05, 3.63) is 60.2 Å². The Bertz CT molecular complexity index is 910. The largest absolute Gasteiger partial charge is 0.497 e. The van der Waals surface area contributed by atoms with Crippen LogP contribution in [0.4, 0.5) is 0 Å². The lowest BCUT2D eigenvalue weighted by molar-refractivity contribution is -0.129. The molecule has 0 saturated carbocycles. The molecule has 25 heavy (non-hydrogen) atoms. The van der Waals surface area contributed by atoms with Crippen LogP contribution in [0.3, 0.4) is 0 Å². The first-order chi connectivity index (χ1) is 12.0. The van der Waals surface area contributed by atoms with E-state index in [4.69, 9.17) is 9.57 Å². The molecule has 0 unspecified atom stereocenters. The number of nitrogens with one attached hydrogen (secondary N) is 1. The van der Waals surface area contributed by atoms with Crippen LogP contribution in [0.2, 0.25) is 0 Å². The van der Waals surface area contributed by atoms with Gasteiger partial charge in [0.15, 0.2) is 0 Å². The minimum Gasteiger partial charge on any atom is -0.497 e. The Kier molecular flexibility index (Phi) is 4.71. The summed E-state index contributed by atoms with van der Waals surface area (Å²) in [5.74, 6) is -0.389. The lowest BCUT2D eigenvalue weighted by Gasteiger charge is -2.11. The van der Waals surface area contributed by atoms with Gasteiger partial charge in [0, 0.05) is 12.5 Å².